The number of hydrogen-bond acceptors (Lipinski definition) is 6. The van der Waals surface area contributed by atoms with Crippen molar-refractivity contribution < 1.29 is 9.18 Å². The Balaban J connectivity index is 1.30. The molecule has 2 aliphatic heterocycles. The molecule has 3 heterocycles. The summed E-state index contributed by atoms with van der Waals surface area (Å²) >= 11 is 0. The van der Waals surface area contributed by atoms with Gasteiger partial charge in [0.2, 0.25) is 5.95 Å². The van der Waals surface area contributed by atoms with Gasteiger partial charge in [0, 0.05) is 64.5 Å². The Morgan fingerprint density at radius 3 is 2.33 bits per heavy atom. The maximum absolute atomic E-state index is 14.2. The Kier molecular flexibility index (Phi) is 6.63. The number of hydrogen-bond donors (Lipinski definition) is 1. The highest BCUT2D eigenvalue weighted by Gasteiger charge is 2.28. The van der Waals surface area contributed by atoms with E-state index < -0.39 is 0 Å². The first kappa shape index (κ1) is 23.8. The van der Waals surface area contributed by atoms with E-state index in [1.165, 1.54) is 6.07 Å². The number of para-hydroxylation sites is 1. The summed E-state index contributed by atoms with van der Waals surface area (Å²) in [5.41, 5.74) is 4.54. The molecule has 188 valence electrons. The average molecular weight is 490 g/mol. The Morgan fingerprint density at radius 2 is 1.64 bits per heavy atom. The van der Waals surface area contributed by atoms with Crippen molar-refractivity contribution in [3.05, 3.63) is 71.2 Å². The van der Waals surface area contributed by atoms with Gasteiger partial charge in [0.25, 0.3) is 0 Å². The molecule has 1 fully saturated rings. The van der Waals surface area contributed by atoms with E-state index in [1.807, 2.05) is 67.2 Å². The van der Waals surface area contributed by atoms with Crippen molar-refractivity contribution in [2.75, 3.05) is 66.8 Å². The van der Waals surface area contributed by atoms with E-state index in [0.29, 0.717) is 57.3 Å². The first-order valence-corrected chi connectivity index (χ1v) is 12.3. The molecule has 1 saturated heterocycles. The van der Waals surface area contributed by atoms with Crippen molar-refractivity contribution in [1.82, 2.24) is 14.9 Å². The topological polar surface area (TPSA) is 67.8 Å². The highest BCUT2D eigenvalue weighted by molar-refractivity contribution is 5.89. The van der Waals surface area contributed by atoms with E-state index in [4.69, 9.17) is 9.97 Å². The Morgan fingerprint density at radius 1 is 0.944 bits per heavy atom. The number of nitrogens with one attached hydrogen (secondary N) is 1. The number of carbonyl (C=O) groups is 1. The lowest BCUT2D eigenvalue weighted by atomic mass is 10.1. The highest BCUT2D eigenvalue weighted by Crippen LogP contribution is 2.29. The van der Waals surface area contributed by atoms with Gasteiger partial charge < -0.3 is 24.9 Å². The Labute approximate surface area is 211 Å². The van der Waals surface area contributed by atoms with Gasteiger partial charge in [0.15, 0.2) is 0 Å². The van der Waals surface area contributed by atoms with Gasteiger partial charge in [-0.05, 0) is 31.2 Å². The Bertz CT molecular complexity index is 1240. The standard InChI is InChI=1S/C27H32FN7O/c1-19-8-10-20(11-9-19)29-27(36)35-13-12-23-21(18-35)25(32(2)3)31-26(30-23)34-16-14-33(15-17-34)24-7-5-4-6-22(24)28/h4-11H,12-18H2,1-3H3,(H,29,36). The number of anilines is 4. The average Bonchev–Trinajstić information content (AvgIpc) is 2.89. The van der Waals surface area contributed by atoms with Crippen molar-refractivity contribution in [2.45, 2.75) is 19.9 Å². The third-order valence-corrected chi connectivity index (χ3v) is 6.80. The third-order valence-electron chi connectivity index (χ3n) is 6.80. The third kappa shape index (κ3) is 4.91. The normalized spacial score (nSPS) is 15.5. The van der Waals surface area contributed by atoms with Gasteiger partial charge in [-0.1, -0.05) is 29.8 Å². The van der Waals surface area contributed by atoms with Gasteiger partial charge >= 0.3 is 6.03 Å². The summed E-state index contributed by atoms with van der Waals surface area (Å²) in [6, 6.07) is 14.6. The smallest absolute Gasteiger partial charge is 0.322 e. The zero-order valence-electron chi connectivity index (χ0n) is 21.0. The van der Waals surface area contributed by atoms with Crippen LogP contribution in [-0.4, -0.2) is 67.7 Å². The number of amides is 2. The molecule has 36 heavy (non-hydrogen) atoms. The molecule has 2 amide bonds. The molecule has 1 aromatic heterocycles. The Hall–Kier alpha value is -3.88. The fraction of sp³-hybridized carbons (Fsp3) is 0.370. The first-order valence-electron chi connectivity index (χ1n) is 12.3. The molecule has 0 radical (unpaired) electrons. The highest BCUT2D eigenvalue weighted by atomic mass is 19.1. The second-order valence-corrected chi connectivity index (χ2v) is 9.56. The van der Waals surface area contributed by atoms with Crippen LogP contribution in [0.1, 0.15) is 16.8 Å². The molecule has 0 unspecified atom stereocenters. The number of carbonyl (C=O) groups excluding carboxylic acids is 1. The number of nitrogens with zero attached hydrogens (tertiary/aromatic N) is 6. The van der Waals surface area contributed by atoms with Crippen LogP contribution in [0.3, 0.4) is 0 Å². The second-order valence-electron chi connectivity index (χ2n) is 9.56. The predicted octanol–water partition coefficient (Wildman–Crippen LogP) is 3.91. The van der Waals surface area contributed by atoms with Crippen LogP contribution in [0.15, 0.2) is 48.5 Å². The van der Waals surface area contributed by atoms with Crippen LogP contribution in [0.2, 0.25) is 0 Å². The lowest BCUT2D eigenvalue weighted by molar-refractivity contribution is 0.206. The van der Waals surface area contributed by atoms with Gasteiger partial charge in [0.1, 0.15) is 11.6 Å². The molecule has 8 nitrogen and oxygen atoms in total. The molecule has 2 aliphatic rings. The fourth-order valence-corrected chi connectivity index (χ4v) is 4.76. The second kappa shape index (κ2) is 10.0. The van der Waals surface area contributed by atoms with Crippen LogP contribution in [0.25, 0.3) is 0 Å². The molecular weight excluding hydrogens is 457 g/mol. The summed E-state index contributed by atoms with van der Waals surface area (Å²) in [5, 5.41) is 3.00. The van der Waals surface area contributed by atoms with E-state index in [9.17, 15) is 9.18 Å². The fourth-order valence-electron chi connectivity index (χ4n) is 4.76. The van der Waals surface area contributed by atoms with Crippen molar-refractivity contribution in [2.24, 2.45) is 0 Å². The van der Waals surface area contributed by atoms with E-state index in [1.54, 1.807) is 6.07 Å². The molecule has 5 rings (SSSR count). The van der Waals surface area contributed by atoms with Crippen molar-refractivity contribution in [3.63, 3.8) is 0 Å². The van der Waals surface area contributed by atoms with Gasteiger partial charge in [0.05, 0.1) is 17.9 Å². The quantitative estimate of drug-likeness (QED) is 0.600. The SMILES string of the molecule is Cc1ccc(NC(=O)N2CCc3nc(N4CCN(c5ccccc5F)CC4)nc(N(C)C)c3C2)cc1. The van der Waals surface area contributed by atoms with Gasteiger partial charge in [-0.3, -0.25) is 0 Å². The lowest BCUT2D eigenvalue weighted by Gasteiger charge is -2.37. The molecule has 0 atom stereocenters. The van der Waals surface area contributed by atoms with Gasteiger partial charge in [-0.25, -0.2) is 14.2 Å². The van der Waals surface area contributed by atoms with Crippen LogP contribution < -0.4 is 20.0 Å². The molecule has 1 N–H and O–H groups in total. The zero-order chi connectivity index (χ0) is 25.2. The predicted molar refractivity (Wildman–Crippen MR) is 141 cm³/mol. The number of rotatable bonds is 4. The van der Waals surface area contributed by atoms with Crippen LogP contribution >= 0.6 is 0 Å². The molecule has 0 saturated carbocycles. The van der Waals surface area contributed by atoms with Gasteiger partial charge in [-0.2, -0.15) is 4.98 Å². The molecular formula is C27H32FN7O. The number of aryl methyl sites for hydroxylation is 1. The number of benzene rings is 2. The molecule has 0 spiro atoms. The first-order chi connectivity index (χ1) is 17.4. The largest absolute Gasteiger partial charge is 0.366 e. The maximum atomic E-state index is 14.2. The molecule has 2 aromatic carbocycles. The van der Waals surface area contributed by atoms with E-state index in [2.05, 4.69) is 15.1 Å². The van der Waals surface area contributed by atoms with Crippen LogP contribution in [0, 0.1) is 12.7 Å². The van der Waals surface area contributed by atoms with E-state index in [-0.39, 0.29) is 11.8 Å². The van der Waals surface area contributed by atoms with Crippen molar-refractivity contribution in [3.8, 4) is 0 Å². The minimum Gasteiger partial charge on any atom is -0.366 e. The van der Waals surface area contributed by atoms with Crippen molar-refractivity contribution in [1.29, 1.82) is 0 Å². The molecule has 0 aliphatic carbocycles. The molecule has 0 bridgehead atoms. The summed E-state index contributed by atoms with van der Waals surface area (Å²) in [6.07, 6.45) is 0.669. The minimum atomic E-state index is -0.193. The van der Waals surface area contributed by atoms with Crippen LogP contribution in [-0.2, 0) is 13.0 Å². The summed E-state index contributed by atoms with van der Waals surface area (Å²) in [4.78, 5) is 30.8. The number of aromatic nitrogens is 2. The van der Waals surface area contributed by atoms with E-state index >= 15 is 0 Å². The number of urea groups is 1. The van der Waals surface area contributed by atoms with Crippen LogP contribution in [0.4, 0.5) is 32.3 Å². The summed E-state index contributed by atoms with van der Waals surface area (Å²) in [7, 11) is 3.93. The van der Waals surface area contributed by atoms with Crippen molar-refractivity contribution >= 4 is 29.2 Å². The van der Waals surface area contributed by atoms with Crippen LogP contribution in [0.5, 0.6) is 0 Å². The summed E-state index contributed by atoms with van der Waals surface area (Å²) in [6.45, 7) is 5.90. The lowest BCUT2D eigenvalue weighted by Crippen LogP contribution is -2.48. The zero-order valence-corrected chi connectivity index (χ0v) is 21.0. The maximum Gasteiger partial charge on any atom is 0.322 e. The number of halogens is 1. The monoisotopic (exact) mass is 489 g/mol. The summed E-state index contributed by atoms with van der Waals surface area (Å²) < 4.78 is 14.2. The van der Waals surface area contributed by atoms with Gasteiger partial charge in [-0.15, -0.1) is 0 Å². The minimum absolute atomic E-state index is 0.123. The number of piperazine rings is 1. The summed E-state index contributed by atoms with van der Waals surface area (Å²) in [5.74, 6) is 1.34. The molecule has 3 aromatic rings. The van der Waals surface area contributed by atoms with E-state index in [0.717, 1.165) is 28.3 Å². The number of fused-ring (bicyclic) bond motifs is 1. The molecule has 9 heteroatoms.